The molecule has 1 aromatic heterocycles. The van der Waals surface area contributed by atoms with Crippen molar-refractivity contribution in [1.82, 2.24) is 0 Å². The third kappa shape index (κ3) is 2.09. The van der Waals surface area contributed by atoms with Gasteiger partial charge in [-0.15, -0.1) is 0 Å². The Labute approximate surface area is 99.5 Å². The number of carbonyl (C=O) groups is 1. The van der Waals surface area contributed by atoms with Gasteiger partial charge in [-0.2, -0.15) is 13.2 Å². The van der Waals surface area contributed by atoms with Gasteiger partial charge in [0.15, 0.2) is 0 Å². The minimum absolute atomic E-state index is 0.0819. The van der Waals surface area contributed by atoms with Gasteiger partial charge in [0.2, 0.25) is 0 Å². The van der Waals surface area contributed by atoms with Gasteiger partial charge in [-0.3, -0.25) is 0 Å². The van der Waals surface area contributed by atoms with Crippen LogP contribution in [0.5, 0.6) is 0 Å². The summed E-state index contributed by atoms with van der Waals surface area (Å²) in [5.41, 5.74) is -2.09. The molecule has 3 nitrogen and oxygen atoms in total. The molecule has 1 N–H and O–H groups in total. The van der Waals surface area contributed by atoms with Crippen LogP contribution in [0.25, 0.3) is 11.3 Å². The number of halogens is 3. The number of rotatable bonds is 2. The molecule has 6 heteroatoms. The van der Waals surface area contributed by atoms with E-state index in [2.05, 4.69) is 0 Å². The van der Waals surface area contributed by atoms with Gasteiger partial charge in [0.05, 0.1) is 17.4 Å². The molecule has 2 rings (SSSR count). The van der Waals surface area contributed by atoms with Crippen molar-refractivity contribution in [3.05, 3.63) is 47.7 Å². The van der Waals surface area contributed by atoms with Crippen molar-refractivity contribution >= 4 is 5.97 Å². The Morgan fingerprint density at radius 2 is 1.89 bits per heavy atom. The predicted octanol–water partition coefficient (Wildman–Crippen LogP) is 3.66. The number of furan rings is 1. The standard InChI is InChI=1S/C12H7F3O3/c13-12(14,15)8-4-1-3-7(10(8)11(16)17)9-5-2-6-18-9/h1-6H,(H,16,17). The highest BCUT2D eigenvalue weighted by atomic mass is 19.4. The molecule has 0 saturated carbocycles. The van der Waals surface area contributed by atoms with Crippen molar-refractivity contribution < 1.29 is 27.5 Å². The van der Waals surface area contributed by atoms with Gasteiger partial charge in [-0.25, -0.2) is 4.79 Å². The largest absolute Gasteiger partial charge is 0.478 e. The quantitative estimate of drug-likeness (QED) is 0.891. The van der Waals surface area contributed by atoms with E-state index in [4.69, 9.17) is 9.52 Å². The van der Waals surface area contributed by atoms with Crippen molar-refractivity contribution in [3.8, 4) is 11.3 Å². The normalized spacial score (nSPS) is 11.5. The summed E-state index contributed by atoms with van der Waals surface area (Å²) in [6.45, 7) is 0. The van der Waals surface area contributed by atoms with Crippen molar-refractivity contribution in [1.29, 1.82) is 0 Å². The van der Waals surface area contributed by atoms with Crippen LogP contribution in [0.1, 0.15) is 15.9 Å². The van der Waals surface area contributed by atoms with E-state index < -0.39 is 23.3 Å². The Hall–Kier alpha value is -2.24. The average molecular weight is 256 g/mol. The number of alkyl halides is 3. The van der Waals surface area contributed by atoms with E-state index in [1.165, 1.54) is 24.5 Å². The number of benzene rings is 1. The van der Waals surface area contributed by atoms with Gasteiger partial charge in [-0.05, 0) is 18.2 Å². The molecule has 94 valence electrons. The lowest BCUT2D eigenvalue weighted by Crippen LogP contribution is -2.14. The molecule has 1 aromatic carbocycles. The van der Waals surface area contributed by atoms with E-state index >= 15 is 0 Å². The first-order chi connectivity index (χ1) is 8.41. The van der Waals surface area contributed by atoms with E-state index in [0.29, 0.717) is 0 Å². The molecule has 0 amide bonds. The number of aromatic carboxylic acids is 1. The molecule has 0 aliphatic rings. The molecule has 0 atom stereocenters. The lowest BCUT2D eigenvalue weighted by molar-refractivity contribution is -0.138. The number of hydrogen-bond acceptors (Lipinski definition) is 2. The summed E-state index contributed by atoms with van der Waals surface area (Å²) in [7, 11) is 0. The van der Waals surface area contributed by atoms with Crippen LogP contribution in [-0.4, -0.2) is 11.1 Å². The summed E-state index contributed by atoms with van der Waals surface area (Å²) in [6, 6.07) is 6.03. The number of carboxylic acids is 1. The van der Waals surface area contributed by atoms with Crippen LogP contribution in [-0.2, 0) is 6.18 Å². The van der Waals surface area contributed by atoms with Crippen LogP contribution in [0.3, 0.4) is 0 Å². The van der Waals surface area contributed by atoms with Crippen molar-refractivity contribution in [2.75, 3.05) is 0 Å². The zero-order valence-corrected chi connectivity index (χ0v) is 8.86. The summed E-state index contributed by atoms with van der Waals surface area (Å²) in [6.07, 6.45) is -3.46. The van der Waals surface area contributed by atoms with Crippen LogP contribution in [0.15, 0.2) is 41.0 Å². The molecular formula is C12H7F3O3. The molecule has 0 fully saturated rings. The van der Waals surface area contributed by atoms with Gasteiger partial charge in [0.25, 0.3) is 0 Å². The van der Waals surface area contributed by atoms with E-state index in [1.807, 2.05) is 0 Å². The fourth-order valence-corrected chi connectivity index (χ4v) is 1.66. The smallest absolute Gasteiger partial charge is 0.417 e. The summed E-state index contributed by atoms with van der Waals surface area (Å²) >= 11 is 0. The van der Waals surface area contributed by atoms with Crippen molar-refractivity contribution in [2.24, 2.45) is 0 Å². The lowest BCUT2D eigenvalue weighted by Gasteiger charge is -2.12. The molecule has 2 aromatic rings. The molecule has 0 spiro atoms. The van der Waals surface area contributed by atoms with Crippen molar-refractivity contribution in [3.63, 3.8) is 0 Å². The second-order valence-electron chi connectivity index (χ2n) is 3.51. The Kier molecular flexibility index (Phi) is 2.86. The highest BCUT2D eigenvalue weighted by Gasteiger charge is 2.36. The minimum atomic E-state index is -4.73. The van der Waals surface area contributed by atoms with Gasteiger partial charge < -0.3 is 9.52 Å². The molecule has 0 aliphatic carbocycles. The third-order valence-corrected chi connectivity index (χ3v) is 2.37. The highest BCUT2D eigenvalue weighted by Crippen LogP contribution is 2.36. The fourth-order valence-electron chi connectivity index (χ4n) is 1.66. The molecule has 0 unspecified atom stereocenters. The first kappa shape index (κ1) is 12.2. The predicted molar refractivity (Wildman–Crippen MR) is 56.1 cm³/mol. The number of hydrogen-bond donors (Lipinski definition) is 1. The minimum Gasteiger partial charge on any atom is -0.478 e. The number of carboxylic acid groups (broad SMARTS) is 1. The van der Waals surface area contributed by atoms with Crippen LogP contribution in [0, 0.1) is 0 Å². The molecule has 0 aliphatic heterocycles. The first-order valence-corrected chi connectivity index (χ1v) is 4.88. The summed E-state index contributed by atoms with van der Waals surface area (Å²) in [5.74, 6) is -1.56. The fraction of sp³-hybridized carbons (Fsp3) is 0.0833. The molecule has 1 heterocycles. The maximum atomic E-state index is 12.7. The summed E-state index contributed by atoms with van der Waals surface area (Å²) < 4.78 is 43.2. The van der Waals surface area contributed by atoms with Crippen LogP contribution >= 0.6 is 0 Å². The summed E-state index contributed by atoms with van der Waals surface area (Å²) in [5, 5.41) is 8.97. The average Bonchev–Trinajstić information content (AvgIpc) is 2.80. The van der Waals surface area contributed by atoms with Crippen molar-refractivity contribution in [2.45, 2.75) is 6.18 Å². The molecule has 0 bridgehead atoms. The molecule has 18 heavy (non-hydrogen) atoms. The second-order valence-corrected chi connectivity index (χ2v) is 3.51. The van der Waals surface area contributed by atoms with Gasteiger partial charge >= 0.3 is 12.1 Å². The monoisotopic (exact) mass is 256 g/mol. The zero-order chi connectivity index (χ0) is 13.3. The highest BCUT2D eigenvalue weighted by molar-refractivity contribution is 5.97. The molecule has 0 radical (unpaired) electrons. The first-order valence-electron chi connectivity index (χ1n) is 4.88. The molecular weight excluding hydrogens is 249 g/mol. The maximum Gasteiger partial charge on any atom is 0.417 e. The SMILES string of the molecule is O=C(O)c1c(-c2ccco2)cccc1C(F)(F)F. The van der Waals surface area contributed by atoms with E-state index in [1.54, 1.807) is 0 Å². The Bertz CT molecular complexity index is 571. The zero-order valence-electron chi connectivity index (χ0n) is 8.86. The maximum absolute atomic E-state index is 12.7. The van der Waals surface area contributed by atoms with E-state index in [-0.39, 0.29) is 11.3 Å². The van der Waals surface area contributed by atoms with Crippen LogP contribution in [0.2, 0.25) is 0 Å². The Morgan fingerprint density at radius 1 is 1.17 bits per heavy atom. The van der Waals surface area contributed by atoms with Gasteiger partial charge in [-0.1, -0.05) is 12.1 Å². The van der Waals surface area contributed by atoms with Crippen LogP contribution in [0.4, 0.5) is 13.2 Å². The van der Waals surface area contributed by atoms with Gasteiger partial charge in [0.1, 0.15) is 5.76 Å². The van der Waals surface area contributed by atoms with Gasteiger partial charge in [0, 0.05) is 5.56 Å². The van der Waals surface area contributed by atoms with Crippen LogP contribution < -0.4 is 0 Å². The Morgan fingerprint density at radius 3 is 2.39 bits per heavy atom. The van der Waals surface area contributed by atoms with E-state index in [9.17, 15) is 18.0 Å². The van der Waals surface area contributed by atoms with E-state index in [0.717, 1.165) is 12.1 Å². The lowest BCUT2D eigenvalue weighted by atomic mass is 9.99. The molecule has 0 saturated heterocycles. The second kappa shape index (κ2) is 4.21. The third-order valence-electron chi connectivity index (χ3n) is 2.37. The topological polar surface area (TPSA) is 50.4 Å². The summed E-state index contributed by atoms with van der Waals surface area (Å²) in [4.78, 5) is 11.0. The Balaban J connectivity index is 2.72.